The highest BCUT2D eigenvalue weighted by Gasteiger charge is 2.13. The fourth-order valence-electron chi connectivity index (χ4n) is 1.61. The monoisotopic (exact) mass is 346 g/mol. The lowest BCUT2D eigenvalue weighted by molar-refractivity contribution is 0.617. The molecule has 1 heterocycles. The Labute approximate surface area is 122 Å². The van der Waals surface area contributed by atoms with Crippen LogP contribution in [0.25, 0.3) is 0 Å². The molecule has 1 N–H and O–H groups in total. The molecular weight excluding hydrogens is 338 g/mol. The van der Waals surface area contributed by atoms with Crippen LogP contribution in [0.2, 0.25) is 5.02 Å². The van der Waals surface area contributed by atoms with Gasteiger partial charge in [-0.3, -0.25) is 4.98 Å². The molecule has 1 atom stereocenters. The van der Waals surface area contributed by atoms with E-state index in [1.54, 1.807) is 6.07 Å². The molecule has 0 saturated carbocycles. The lowest BCUT2D eigenvalue weighted by Crippen LogP contribution is -2.09. The Balaban J connectivity index is 2.24. The van der Waals surface area contributed by atoms with E-state index in [1.807, 2.05) is 6.92 Å². The van der Waals surface area contributed by atoms with Crippen molar-refractivity contribution < 1.29 is 8.78 Å². The quantitative estimate of drug-likeness (QED) is 0.850. The van der Waals surface area contributed by atoms with E-state index in [4.69, 9.17) is 11.6 Å². The van der Waals surface area contributed by atoms with Gasteiger partial charge in [-0.2, -0.15) is 0 Å². The van der Waals surface area contributed by atoms with Gasteiger partial charge in [0.2, 0.25) is 0 Å². The third-order valence-corrected chi connectivity index (χ3v) is 3.49. The number of nitrogens with zero attached hydrogens (tertiary/aromatic N) is 1. The zero-order valence-corrected chi connectivity index (χ0v) is 12.3. The number of pyridine rings is 1. The fourth-order valence-corrected chi connectivity index (χ4v) is 2.54. The van der Waals surface area contributed by atoms with Crippen molar-refractivity contribution in [1.82, 2.24) is 4.98 Å². The molecule has 0 amide bonds. The Morgan fingerprint density at radius 3 is 2.58 bits per heavy atom. The van der Waals surface area contributed by atoms with Crippen LogP contribution in [0.4, 0.5) is 14.5 Å². The van der Waals surface area contributed by atoms with Gasteiger partial charge in [0.25, 0.3) is 0 Å². The van der Waals surface area contributed by atoms with E-state index in [-0.39, 0.29) is 11.1 Å². The summed E-state index contributed by atoms with van der Waals surface area (Å²) in [4.78, 5) is 3.98. The van der Waals surface area contributed by atoms with Gasteiger partial charge in [0.1, 0.15) is 11.6 Å². The number of hydrogen-bond donors (Lipinski definition) is 1. The summed E-state index contributed by atoms with van der Waals surface area (Å²) in [5.41, 5.74) is 1.23. The average molecular weight is 348 g/mol. The molecular formula is C13H10BrClF2N2. The van der Waals surface area contributed by atoms with E-state index < -0.39 is 11.6 Å². The van der Waals surface area contributed by atoms with Gasteiger partial charge in [-0.05, 0) is 47.1 Å². The predicted molar refractivity (Wildman–Crippen MR) is 75.3 cm³/mol. The van der Waals surface area contributed by atoms with Crippen LogP contribution in [-0.2, 0) is 0 Å². The number of hydrogen-bond acceptors (Lipinski definition) is 2. The van der Waals surface area contributed by atoms with Crippen molar-refractivity contribution in [2.45, 2.75) is 13.0 Å². The van der Waals surface area contributed by atoms with E-state index in [0.717, 1.165) is 6.20 Å². The van der Waals surface area contributed by atoms with Crippen molar-refractivity contribution in [2.75, 3.05) is 5.32 Å². The maximum absolute atomic E-state index is 13.1. The number of rotatable bonds is 3. The van der Waals surface area contributed by atoms with Crippen molar-refractivity contribution in [3.63, 3.8) is 0 Å². The highest BCUT2D eigenvalue weighted by atomic mass is 79.9. The fraction of sp³-hybridized carbons (Fsp3) is 0.154. The Bertz CT molecular complexity index is 567. The molecule has 1 unspecified atom stereocenters. The summed E-state index contributed by atoms with van der Waals surface area (Å²) in [5, 5.41) is 3.38. The minimum Gasteiger partial charge on any atom is -0.375 e. The highest BCUT2D eigenvalue weighted by molar-refractivity contribution is 9.10. The topological polar surface area (TPSA) is 24.9 Å². The number of benzene rings is 1. The molecule has 19 heavy (non-hydrogen) atoms. The zero-order chi connectivity index (χ0) is 14.0. The molecule has 100 valence electrons. The second kappa shape index (κ2) is 5.84. The SMILES string of the molecule is CC(Nc1c(Cl)cc(F)cc1Br)c1ccc(F)cn1. The Morgan fingerprint density at radius 1 is 1.26 bits per heavy atom. The minimum atomic E-state index is -0.421. The van der Waals surface area contributed by atoms with Crippen LogP contribution in [0.15, 0.2) is 34.9 Å². The molecule has 0 aliphatic rings. The number of halogens is 4. The molecule has 1 aromatic carbocycles. The second-order valence-electron chi connectivity index (χ2n) is 4.01. The molecule has 1 aromatic heterocycles. The summed E-state index contributed by atoms with van der Waals surface area (Å²) in [6.45, 7) is 1.85. The first-order chi connectivity index (χ1) is 8.97. The van der Waals surface area contributed by atoms with E-state index >= 15 is 0 Å². The second-order valence-corrected chi connectivity index (χ2v) is 5.27. The largest absolute Gasteiger partial charge is 0.375 e. The number of anilines is 1. The molecule has 6 heteroatoms. The summed E-state index contributed by atoms with van der Waals surface area (Å²) in [5.74, 6) is -0.813. The van der Waals surface area contributed by atoms with Crippen LogP contribution in [0, 0.1) is 11.6 Å². The summed E-state index contributed by atoms with van der Waals surface area (Å²) in [7, 11) is 0. The molecule has 0 spiro atoms. The van der Waals surface area contributed by atoms with Crippen molar-refractivity contribution in [2.24, 2.45) is 0 Å². The summed E-state index contributed by atoms with van der Waals surface area (Å²) >= 11 is 9.22. The zero-order valence-electron chi connectivity index (χ0n) is 9.92. The Hall–Kier alpha value is -1.20. The third-order valence-electron chi connectivity index (χ3n) is 2.56. The van der Waals surface area contributed by atoms with Crippen LogP contribution in [0.5, 0.6) is 0 Å². The lowest BCUT2D eigenvalue weighted by atomic mass is 10.2. The smallest absolute Gasteiger partial charge is 0.141 e. The van der Waals surface area contributed by atoms with Crippen LogP contribution in [-0.4, -0.2) is 4.98 Å². The standard InChI is InChI=1S/C13H10BrClF2N2/c1-7(12-3-2-8(16)6-18-12)19-13-10(14)4-9(17)5-11(13)15/h2-7,19H,1H3. The van der Waals surface area contributed by atoms with Gasteiger partial charge in [0.15, 0.2) is 0 Å². The summed E-state index contributed by atoms with van der Waals surface area (Å²) < 4.78 is 26.4. The van der Waals surface area contributed by atoms with Gasteiger partial charge in [-0.15, -0.1) is 0 Å². The van der Waals surface area contributed by atoms with Crippen molar-refractivity contribution >= 4 is 33.2 Å². The first-order valence-electron chi connectivity index (χ1n) is 5.50. The third kappa shape index (κ3) is 3.42. The van der Waals surface area contributed by atoms with Gasteiger partial charge in [0, 0.05) is 4.47 Å². The van der Waals surface area contributed by atoms with Crippen molar-refractivity contribution in [3.8, 4) is 0 Å². The predicted octanol–water partition coefficient (Wildman–Crippen LogP) is 4.95. The van der Waals surface area contributed by atoms with Crippen LogP contribution >= 0.6 is 27.5 Å². The molecule has 0 fully saturated rings. The van der Waals surface area contributed by atoms with Crippen molar-refractivity contribution in [3.05, 3.63) is 57.3 Å². The van der Waals surface area contributed by atoms with E-state index in [1.165, 1.54) is 18.2 Å². The summed E-state index contributed by atoms with van der Waals surface area (Å²) in [6, 6.07) is 5.26. The van der Waals surface area contributed by atoms with Gasteiger partial charge < -0.3 is 5.32 Å². The van der Waals surface area contributed by atoms with Crippen LogP contribution < -0.4 is 5.32 Å². The van der Waals surface area contributed by atoms with Crippen molar-refractivity contribution in [1.29, 1.82) is 0 Å². The van der Waals surface area contributed by atoms with Gasteiger partial charge >= 0.3 is 0 Å². The maximum Gasteiger partial charge on any atom is 0.141 e. The highest BCUT2D eigenvalue weighted by Crippen LogP contribution is 2.34. The summed E-state index contributed by atoms with van der Waals surface area (Å²) in [6.07, 6.45) is 1.15. The molecule has 2 nitrogen and oxygen atoms in total. The number of nitrogens with one attached hydrogen (secondary N) is 1. The number of aromatic nitrogens is 1. The first-order valence-corrected chi connectivity index (χ1v) is 6.67. The normalized spacial score (nSPS) is 12.3. The maximum atomic E-state index is 13.1. The van der Waals surface area contributed by atoms with E-state index in [0.29, 0.717) is 15.9 Å². The molecule has 0 bridgehead atoms. The molecule has 0 saturated heterocycles. The molecule has 0 aliphatic heterocycles. The van der Waals surface area contributed by atoms with Crippen LogP contribution in [0.3, 0.4) is 0 Å². The molecule has 0 aliphatic carbocycles. The molecule has 2 rings (SSSR count). The van der Waals surface area contributed by atoms with E-state index in [9.17, 15) is 8.78 Å². The van der Waals surface area contributed by atoms with Gasteiger partial charge in [-0.1, -0.05) is 11.6 Å². The van der Waals surface area contributed by atoms with Gasteiger partial charge in [-0.25, -0.2) is 8.78 Å². The Kier molecular flexibility index (Phi) is 4.37. The Morgan fingerprint density at radius 2 is 2.00 bits per heavy atom. The van der Waals surface area contributed by atoms with E-state index in [2.05, 4.69) is 26.2 Å². The molecule has 0 radical (unpaired) electrons. The molecule has 2 aromatic rings. The van der Waals surface area contributed by atoms with Gasteiger partial charge in [0.05, 0.1) is 28.6 Å². The van der Waals surface area contributed by atoms with Crippen LogP contribution in [0.1, 0.15) is 18.7 Å². The minimum absolute atomic E-state index is 0.195. The first kappa shape index (κ1) is 14.2. The average Bonchev–Trinajstić information content (AvgIpc) is 2.34. The lowest BCUT2D eigenvalue weighted by Gasteiger charge is -2.17.